The molecule has 0 aliphatic carbocycles. The number of aromatic nitrogens is 3. The lowest BCUT2D eigenvalue weighted by Gasteiger charge is -2.18. The summed E-state index contributed by atoms with van der Waals surface area (Å²) in [4.78, 5) is 13.5. The Hall–Kier alpha value is -1.73. The minimum atomic E-state index is 0.152. The van der Waals surface area contributed by atoms with Crippen LogP contribution in [0.1, 0.15) is 49.1 Å². The SMILES string of the molecule is CCCc1nc(NN)c(C)c(NC(CC)c2nccs2)n1. The van der Waals surface area contributed by atoms with Gasteiger partial charge in [0.2, 0.25) is 0 Å². The lowest BCUT2D eigenvalue weighted by atomic mass is 10.2. The Morgan fingerprint density at radius 2 is 2.05 bits per heavy atom. The number of aryl methyl sites for hydroxylation is 1. The third-order valence-electron chi connectivity index (χ3n) is 3.27. The zero-order chi connectivity index (χ0) is 15.2. The van der Waals surface area contributed by atoms with E-state index in [0.717, 1.165) is 41.5 Å². The van der Waals surface area contributed by atoms with E-state index in [9.17, 15) is 0 Å². The fraction of sp³-hybridized carbons (Fsp3) is 0.500. The number of rotatable bonds is 7. The van der Waals surface area contributed by atoms with E-state index in [1.54, 1.807) is 11.3 Å². The van der Waals surface area contributed by atoms with Gasteiger partial charge in [-0.1, -0.05) is 13.8 Å². The molecule has 0 spiro atoms. The van der Waals surface area contributed by atoms with Crippen LogP contribution in [0.15, 0.2) is 11.6 Å². The van der Waals surface area contributed by atoms with E-state index in [1.165, 1.54) is 0 Å². The minimum absolute atomic E-state index is 0.152. The second kappa shape index (κ2) is 7.33. The third-order valence-corrected chi connectivity index (χ3v) is 4.16. The Morgan fingerprint density at radius 3 is 2.62 bits per heavy atom. The van der Waals surface area contributed by atoms with Crippen molar-refractivity contribution in [3.05, 3.63) is 28.0 Å². The standard InChI is InChI=1S/C14H22N6S/c1-4-6-11-18-12(9(3)13(19-11)20-15)17-10(5-2)14-16-7-8-21-14/h7-8,10H,4-6,15H2,1-3H3,(H2,17,18,19,20). The number of nitrogens with two attached hydrogens (primary N) is 1. The highest BCUT2D eigenvalue weighted by atomic mass is 32.1. The van der Waals surface area contributed by atoms with Gasteiger partial charge in [0.15, 0.2) is 0 Å². The maximum Gasteiger partial charge on any atom is 0.148 e. The third kappa shape index (κ3) is 3.68. The predicted molar refractivity (Wildman–Crippen MR) is 87.3 cm³/mol. The zero-order valence-electron chi connectivity index (χ0n) is 12.7. The molecule has 0 fully saturated rings. The smallest absolute Gasteiger partial charge is 0.148 e. The number of thiazole rings is 1. The lowest BCUT2D eigenvalue weighted by Crippen LogP contribution is -2.17. The van der Waals surface area contributed by atoms with Crippen LogP contribution in [0.4, 0.5) is 11.6 Å². The van der Waals surface area contributed by atoms with E-state index >= 15 is 0 Å². The van der Waals surface area contributed by atoms with Crippen LogP contribution in [-0.4, -0.2) is 15.0 Å². The van der Waals surface area contributed by atoms with Gasteiger partial charge in [-0.3, -0.25) is 0 Å². The molecule has 0 aliphatic heterocycles. The Balaban J connectivity index is 2.31. The van der Waals surface area contributed by atoms with Gasteiger partial charge in [0, 0.05) is 23.6 Å². The summed E-state index contributed by atoms with van der Waals surface area (Å²) in [6, 6.07) is 0.152. The summed E-state index contributed by atoms with van der Waals surface area (Å²) in [6.45, 7) is 6.20. The van der Waals surface area contributed by atoms with Gasteiger partial charge in [0.25, 0.3) is 0 Å². The molecule has 2 rings (SSSR count). The normalized spacial score (nSPS) is 12.2. The molecular weight excluding hydrogens is 284 g/mol. The molecule has 0 amide bonds. The largest absolute Gasteiger partial charge is 0.360 e. The summed E-state index contributed by atoms with van der Waals surface area (Å²) in [5.41, 5.74) is 3.58. The van der Waals surface area contributed by atoms with Crippen LogP contribution in [0.2, 0.25) is 0 Å². The number of hydrogen-bond acceptors (Lipinski definition) is 7. The van der Waals surface area contributed by atoms with Gasteiger partial charge in [-0.05, 0) is 19.8 Å². The highest BCUT2D eigenvalue weighted by Gasteiger charge is 2.16. The maximum absolute atomic E-state index is 5.56. The predicted octanol–water partition coefficient (Wildman–Crippen LogP) is 3.04. The Morgan fingerprint density at radius 1 is 1.29 bits per heavy atom. The second-order valence-corrected chi connectivity index (χ2v) is 5.76. The van der Waals surface area contributed by atoms with E-state index in [1.807, 2.05) is 18.5 Å². The van der Waals surface area contributed by atoms with Crippen molar-refractivity contribution >= 4 is 23.0 Å². The topological polar surface area (TPSA) is 88.8 Å². The first-order valence-electron chi connectivity index (χ1n) is 7.19. The van der Waals surface area contributed by atoms with Crippen molar-refractivity contribution in [3.63, 3.8) is 0 Å². The first-order valence-corrected chi connectivity index (χ1v) is 8.07. The summed E-state index contributed by atoms with van der Waals surface area (Å²) < 4.78 is 0. The number of hydrogen-bond donors (Lipinski definition) is 3. The maximum atomic E-state index is 5.56. The van der Waals surface area contributed by atoms with E-state index in [0.29, 0.717) is 5.82 Å². The van der Waals surface area contributed by atoms with Crippen molar-refractivity contribution in [3.8, 4) is 0 Å². The molecule has 4 N–H and O–H groups in total. The fourth-order valence-electron chi connectivity index (χ4n) is 2.09. The monoisotopic (exact) mass is 306 g/mol. The summed E-state index contributed by atoms with van der Waals surface area (Å²) >= 11 is 1.65. The van der Waals surface area contributed by atoms with E-state index in [2.05, 4.69) is 39.5 Å². The molecule has 0 saturated heterocycles. The zero-order valence-corrected chi connectivity index (χ0v) is 13.5. The molecule has 1 atom stereocenters. The second-order valence-electron chi connectivity index (χ2n) is 4.83. The quantitative estimate of drug-likeness (QED) is 0.538. The van der Waals surface area contributed by atoms with Gasteiger partial charge in [0.05, 0.1) is 6.04 Å². The Bertz CT molecular complexity index is 569. The van der Waals surface area contributed by atoms with Crippen molar-refractivity contribution in [1.29, 1.82) is 0 Å². The van der Waals surface area contributed by atoms with Crippen molar-refractivity contribution in [1.82, 2.24) is 15.0 Å². The molecule has 0 saturated carbocycles. The van der Waals surface area contributed by atoms with Crippen molar-refractivity contribution in [2.45, 2.75) is 46.1 Å². The molecule has 0 radical (unpaired) electrons. The summed E-state index contributed by atoms with van der Waals surface area (Å²) in [7, 11) is 0. The molecule has 7 heteroatoms. The first-order chi connectivity index (χ1) is 10.2. The summed E-state index contributed by atoms with van der Waals surface area (Å²) in [6.07, 6.45) is 4.59. The highest BCUT2D eigenvalue weighted by molar-refractivity contribution is 7.09. The van der Waals surface area contributed by atoms with E-state index in [-0.39, 0.29) is 6.04 Å². The van der Waals surface area contributed by atoms with Crippen molar-refractivity contribution in [2.75, 3.05) is 10.7 Å². The van der Waals surface area contributed by atoms with Gasteiger partial charge in [-0.2, -0.15) is 0 Å². The van der Waals surface area contributed by atoms with Crippen LogP contribution in [0.5, 0.6) is 0 Å². The van der Waals surface area contributed by atoms with Gasteiger partial charge in [-0.25, -0.2) is 20.8 Å². The molecule has 2 aromatic rings. The number of anilines is 2. The lowest BCUT2D eigenvalue weighted by molar-refractivity contribution is 0.730. The molecule has 21 heavy (non-hydrogen) atoms. The van der Waals surface area contributed by atoms with Crippen LogP contribution in [0, 0.1) is 6.92 Å². The molecule has 6 nitrogen and oxygen atoms in total. The van der Waals surface area contributed by atoms with Gasteiger partial charge in [-0.15, -0.1) is 11.3 Å². The van der Waals surface area contributed by atoms with Crippen LogP contribution >= 0.6 is 11.3 Å². The molecule has 1 unspecified atom stereocenters. The molecule has 114 valence electrons. The fourth-order valence-corrected chi connectivity index (χ4v) is 2.86. The minimum Gasteiger partial charge on any atom is -0.360 e. The molecular formula is C14H22N6S. The van der Waals surface area contributed by atoms with E-state index < -0.39 is 0 Å². The molecule has 0 bridgehead atoms. The first kappa shape index (κ1) is 15.7. The number of nitrogens with zero attached hydrogens (tertiary/aromatic N) is 3. The molecule has 0 aromatic carbocycles. The van der Waals surface area contributed by atoms with Crippen molar-refractivity contribution in [2.24, 2.45) is 5.84 Å². The van der Waals surface area contributed by atoms with E-state index in [4.69, 9.17) is 5.84 Å². The van der Waals surface area contributed by atoms with Crippen LogP contribution in [0.3, 0.4) is 0 Å². The Labute approximate surface area is 129 Å². The van der Waals surface area contributed by atoms with Crippen LogP contribution in [0.25, 0.3) is 0 Å². The highest BCUT2D eigenvalue weighted by Crippen LogP contribution is 2.27. The number of nitrogen functional groups attached to an aromatic ring is 1. The number of nitrogens with one attached hydrogen (secondary N) is 2. The summed E-state index contributed by atoms with van der Waals surface area (Å²) in [5.74, 6) is 7.86. The summed E-state index contributed by atoms with van der Waals surface area (Å²) in [5, 5.41) is 6.53. The number of hydrazine groups is 1. The van der Waals surface area contributed by atoms with Crippen LogP contribution in [-0.2, 0) is 6.42 Å². The van der Waals surface area contributed by atoms with Crippen LogP contribution < -0.4 is 16.6 Å². The molecule has 0 aliphatic rings. The Kier molecular flexibility index (Phi) is 5.46. The molecule has 2 heterocycles. The van der Waals surface area contributed by atoms with Gasteiger partial charge < -0.3 is 10.7 Å². The average Bonchev–Trinajstić information content (AvgIpc) is 3.01. The van der Waals surface area contributed by atoms with Gasteiger partial charge >= 0.3 is 0 Å². The van der Waals surface area contributed by atoms with Crippen molar-refractivity contribution < 1.29 is 0 Å². The average molecular weight is 306 g/mol. The van der Waals surface area contributed by atoms with Gasteiger partial charge in [0.1, 0.15) is 22.5 Å². The molecule has 2 aromatic heterocycles.